The molecule has 0 aromatic heterocycles. The van der Waals surface area contributed by atoms with Crippen molar-refractivity contribution in [3.63, 3.8) is 0 Å². The number of unbranched alkanes of at least 4 members (excludes halogenated alkanes) is 52. The molecule has 0 saturated carbocycles. The molecule has 0 radical (unpaired) electrons. The summed E-state index contributed by atoms with van der Waals surface area (Å²) in [4.78, 5) is 38.8. The largest absolute Gasteiger partial charge is 0.477 e. The number of carbonyl (C=O) groups excluding carboxylic acids is 2. The zero-order chi connectivity index (χ0) is 81.0. The van der Waals surface area contributed by atoms with Gasteiger partial charge in [-0.2, -0.15) is 0 Å². The van der Waals surface area contributed by atoms with Crippen molar-refractivity contribution in [3.8, 4) is 0 Å². The number of amides is 2. The number of ether oxygens (including phenoxy) is 6. The molecule has 2 amide bonds. The first-order valence-corrected chi connectivity index (χ1v) is 45.5. The van der Waals surface area contributed by atoms with Crippen LogP contribution in [0.4, 0.5) is 0 Å². The van der Waals surface area contributed by atoms with Gasteiger partial charge >= 0.3 is 5.97 Å². The van der Waals surface area contributed by atoms with Crippen LogP contribution in [0.5, 0.6) is 0 Å². The second kappa shape index (κ2) is 66.4. The molecule has 0 spiro atoms. The highest BCUT2D eigenvalue weighted by atomic mass is 16.8. The number of hydrogen-bond donors (Lipinski definition) is 14. The third-order valence-electron chi connectivity index (χ3n) is 23.2. The highest BCUT2D eigenvalue weighted by molar-refractivity contribution is 5.77. The number of aliphatic hydroxyl groups excluding tert-OH is 11. The van der Waals surface area contributed by atoms with Crippen molar-refractivity contribution < 1.29 is 104 Å². The van der Waals surface area contributed by atoms with E-state index in [4.69, 9.17) is 28.4 Å². The van der Waals surface area contributed by atoms with Crippen molar-refractivity contribution in [3.05, 3.63) is 12.2 Å². The second-order valence-corrected chi connectivity index (χ2v) is 33.2. The van der Waals surface area contributed by atoms with Crippen molar-refractivity contribution >= 4 is 17.8 Å². The topological polar surface area (TPSA) is 373 Å². The minimum absolute atomic E-state index is 0.228. The lowest BCUT2D eigenvalue weighted by Gasteiger charge is -2.50. The van der Waals surface area contributed by atoms with Gasteiger partial charge in [-0.15, -0.1) is 0 Å². The fraction of sp³-hybridized carbons (Fsp3) is 0.943. The van der Waals surface area contributed by atoms with Crippen LogP contribution in [0.15, 0.2) is 12.2 Å². The van der Waals surface area contributed by atoms with E-state index in [1.165, 1.54) is 289 Å². The monoisotopic (exact) mass is 1590 g/mol. The maximum atomic E-state index is 13.6. The van der Waals surface area contributed by atoms with Gasteiger partial charge in [0.1, 0.15) is 67.1 Å². The molecule has 3 saturated heterocycles. The van der Waals surface area contributed by atoms with E-state index in [1.807, 2.05) is 0 Å². The molecule has 654 valence electrons. The molecule has 3 heterocycles. The number of rotatable bonds is 74. The third-order valence-corrected chi connectivity index (χ3v) is 23.2. The lowest BCUT2D eigenvalue weighted by molar-refractivity contribution is -0.386. The van der Waals surface area contributed by atoms with Crippen LogP contribution in [0.3, 0.4) is 0 Å². The van der Waals surface area contributed by atoms with Gasteiger partial charge in [-0.3, -0.25) is 9.59 Å². The summed E-state index contributed by atoms with van der Waals surface area (Å²) >= 11 is 0. The molecule has 111 heavy (non-hydrogen) atoms. The Bertz CT molecular complexity index is 2240. The van der Waals surface area contributed by atoms with E-state index in [2.05, 4.69) is 36.6 Å². The number of hydrogen-bond acceptors (Lipinski definition) is 20. The molecule has 18 unspecified atom stereocenters. The van der Waals surface area contributed by atoms with E-state index < -0.39 is 148 Å². The smallest absolute Gasteiger partial charge is 0.364 e. The maximum absolute atomic E-state index is 13.6. The molecule has 3 rings (SSSR count). The number of carboxylic acids is 1. The summed E-state index contributed by atoms with van der Waals surface area (Å²) in [5, 5.41) is 137. The lowest BCUT2D eigenvalue weighted by atomic mass is 9.88. The van der Waals surface area contributed by atoms with Gasteiger partial charge in [0.2, 0.25) is 11.8 Å². The fourth-order valence-corrected chi connectivity index (χ4v) is 16.1. The van der Waals surface area contributed by atoms with Crippen LogP contribution in [0.1, 0.15) is 393 Å². The number of nitrogens with one attached hydrogen (secondary N) is 2. The Labute approximate surface area is 671 Å². The highest BCUT2D eigenvalue weighted by Gasteiger charge is 2.60. The molecule has 0 aliphatic carbocycles. The SMILES string of the molecule is CCCCCCCCCCCCCCCCCC/C=C\CCCCCCCCCCCCCCCCCCCC(=O)NC(COC1OC(CO)C(OC2OC(CO)C(O)C(OC3(C(=O)O)CC(O)C(NC(C)=O)C(C(O)C(O)CO)O3)C2O)C(O)C1O)C(O)CCCCCCCCCCCCCCCCCCCCCC. The van der Waals surface area contributed by atoms with Gasteiger partial charge in [0.25, 0.3) is 5.79 Å². The Kier molecular flexibility index (Phi) is 61.4. The number of carboxylic acid groups (broad SMARTS) is 1. The summed E-state index contributed by atoms with van der Waals surface area (Å²) in [6.07, 6.45) is 46.6. The minimum atomic E-state index is -3.08. The third kappa shape index (κ3) is 45.3. The van der Waals surface area contributed by atoms with Crippen LogP contribution in [0.25, 0.3) is 0 Å². The van der Waals surface area contributed by atoms with Crippen LogP contribution in [-0.2, 0) is 42.8 Å². The van der Waals surface area contributed by atoms with E-state index in [0.717, 1.165) is 58.3 Å². The van der Waals surface area contributed by atoms with Gasteiger partial charge in [-0.25, -0.2) is 4.79 Å². The maximum Gasteiger partial charge on any atom is 0.364 e. The number of aliphatic carboxylic acids is 1. The number of aliphatic hydroxyl groups is 11. The summed E-state index contributed by atoms with van der Waals surface area (Å²) in [5.41, 5.74) is 0. The molecule has 0 aromatic carbocycles. The van der Waals surface area contributed by atoms with E-state index in [0.29, 0.717) is 19.3 Å². The van der Waals surface area contributed by atoms with Crippen molar-refractivity contribution in [2.45, 2.75) is 503 Å². The minimum Gasteiger partial charge on any atom is -0.477 e. The molecule has 3 aliphatic rings. The van der Waals surface area contributed by atoms with E-state index in [9.17, 15) is 75.7 Å². The van der Waals surface area contributed by atoms with Crippen LogP contribution >= 0.6 is 0 Å². The molecule has 3 fully saturated rings. The molecular weight excluding hydrogens is 1420 g/mol. The molecular formula is C88H166N2O21. The Balaban J connectivity index is 1.41. The summed E-state index contributed by atoms with van der Waals surface area (Å²) in [5.74, 6) is -6.09. The van der Waals surface area contributed by atoms with Crippen molar-refractivity contribution in [2.75, 3.05) is 26.4 Å². The Morgan fingerprint density at radius 3 is 1.22 bits per heavy atom. The Morgan fingerprint density at radius 1 is 0.459 bits per heavy atom. The second-order valence-electron chi connectivity index (χ2n) is 33.2. The molecule has 23 nitrogen and oxygen atoms in total. The normalized spacial score (nSPS) is 25.5. The molecule has 0 bridgehead atoms. The van der Waals surface area contributed by atoms with Gasteiger partial charge in [0, 0.05) is 19.8 Å². The van der Waals surface area contributed by atoms with Gasteiger partial charge in [0.15, 0.2) is 12.6 Å². The summed E-state index contributed by atoms with van der Waals surface area (Å²) in [6, 6.07) is -2.53. The molecule has 14 N–H and O–H groups in total. The molecule has 18 atom stereocenters. The first-order valence-electron chi connectivity index (χ1n) is 45.5. The zero-order valence-corrected chi connectivity index (χ0v) is 69.9. The van der Waals surface area contributed by atoms with Crippen molar-refractivity contribution in [1.29, 1.82) is 0 Å². The van der Waals surface area contributed by atoms with Crippen molar-refractivity contribution in [2.24, 2.45) is 0 Å². The summed E-state index contributed by atoms with van der Waals surface area (Å²) in [6.45, 7) is 2.28. The predicted molar refractivity (Wildman–Crippen MR) is 435 cm³/mol. The quantitative estimate of drug-likeness (QED) is 0.0199. The van der Waals surface area contributed by atoms with Gasteiger partial charge in [-0.1, -0.05) is 347 Å². The first-order chi connectivity index (χ1) is 53.9. The molecule has 0 aromatic rings. The van der Waals surface area contributed by atoms with Gasteiger partial charge in [-0.05, 0) is 38.5 Å². The van der Waals surface area contributed by atoms with E-state index >= 15 is 0 Å². The average molecular weight is 1590 g/mol. The molecule has 3 aliphatic heterocycles. The van der Waals surface area contributed by atoms with E-state index in [-0.39, 0.29) is 18.9 Å². The number of carbonyl (C=O) groups is 3. The van der Waals surface area contributed by atoms with Crippen LogP contribution in [0.2, 0.25) is 0 Å². The molecule has 23 heteroatoms. The predicted octanol–water partition coefficient (Wildman–Crippen LogP) is 14.5. The van der Waals surface area contributed by atoms with Crippen LogP contribution < -0.4 is 10.6 Å². The lowest BCUT2D eigenvalue weighted by Crippen LogP contribution is -2.70. The van der Waals surface area contributed by atoms with E-state index in [1.54, 1.807) is 0 Å². The fourth-order valence-electron chi connectivity index (χ4n) is 16.1. The first kappa shape index (κ1) is 103. The van der Waals surface area contributed by atoms with Crippen LogP contribution in [0, 0.1) is 0 Å². The van der Waals surface area contributed by atoms with Crippen molar-refractivity contribution in [1.82, 2.24) is 10.6 Å². The van der Waals surface area contributed by atoms with Crippen LogP contribution in [-0.4, -0.2) is 215 Å². The number of allylic oxidation sites excluding steroid dienone is 2. The average Bonchev–Trinajstić information content (AvgIpc) is 0.753. The summed E-state index contributed by atoms with van der Waals surface area (Å²) < 4.78 is 35.0. The Morgan fingerprint density at radius 2 is 0.838 bits per heavy atom. The highest BCUT2D eigenvalue weighted by Crippen LogP contribution is 2.39. The zero-order valence-electron chi connectivity index (χ0n) is 69.9. The standard InChI is InChI=1S/C88H166N2O21/c1-4-6-8-10-12-14-16-18-20-22-24-26-27-28-29-30-31-32-33-34-35-36-37-38-39-40-41-42-44-46-48-50-52-54-56-58-60-62-75(98)90-69(70(95)61-59-57-55-53-51-49-47-45-43-25-23-21-19-17-15-13-11-9-7-5-2)67-106-85-80(102)79(101)82(74(66-93)108-85)109-86-81(103)84(78(100)73(65-92)107-86)111-88(87(104)105)63-71(96)76(89-68(3)94)83(110-88)77(99)72(97)64-91/h32-33,69-74,76-86,91-93,95-97,99-103H,4-31,34-67H2,1-3H3,(H,89,94)(H,90,98)(H,104,105)/b33-32-. The Hall–Kier alpha value is -2.53. The van der Waals surface area contributed by atoms with Gasteiger partial charge in [0.05, 0.1) is 50.7 Å². The summed E-state index contributed by atoms with van der Waals surface area (Å²) in [7, 11) is 0. The van der Waals surface area contributed by atoms with Gasteiger partial charge < -0.3 is 100 Å².